The first-order valence-electron chi connectivity index (χ1n) is 5.51. The molecule has 1 nitrogen and oxygen atoms in total. The van der Waals surface area contributed by atoms with Gasteiger partial charge < -0.3 is 4.74 Å². The summed E-state index contributed by atoms with van der Waals surface area (Å²) < 4.78 is 5.78. The van der Waals surface area contributed by atoms with Crippen molar-refractivity contribution < 1.29 is 4.74 Å². The molecular formula is C14H10BrCl3O. The van der Waals surface area contributed by atoms with Crippen LogP contribution in [0.3, 0.4) is 0 Å². The zero-order chi connectivity index (χ0) is 13.8. The summed E-state index contributed by atoms with van der Waals surface area (Å²) in [5, 5.41) is 2.40. The van der Waals surface area contributed by atoms with E-state index in [4.69, 9.17) is 39.5 Å². The van der Waals surface area contributed by atoms with Crippen LogP contribution in [-0.2, 0) is 11.9 Å². The molecule has 2 aromatic carbocycles. The van der Waals surface area contributed by atoms with E-state index < -0.39 is 0 Å². The van der Waals surface area contributed by atoms with Gasteiger partial charge in [-0.15, -0.1) is 0 Å². The Bertz CT molecular complexity index is 587. The van der Waals surface area contributed by atoms with E-state index in [2.05, 4.69) is 15.9 Å². The van der Waals surface area contributed by atoms with E-state index in [1.165, 1.54) is 0 Å². The average Bonchev–Trinajstić information content (AvgIpc) is 2.37. The highest BCUT2D eigenvalue weighted by Gasteiger charge is 2.10. The predicted octanol–water partition coefficient (Wildman–Crippen LogP) is 6.12. The van der Waals surface area contributed by atoms with Crippen LogP contribution >= 0.6 is 50.7 Å². The van der Waals surface area contributed by atoms with Crippen molar-refractivity contribution in [1.82, 2.24) is 0 Å². The van der Waals surface area contributed by atoms with E-state index in [0.717, 1.165) is 11.1 Å². The maximum Gasteiger partial charge on any atom is 0.142 e. The van der Waals surface area contributed by atoms with Crippen LogP contribution in [0.4, 0.5) is 0 Å². The Hall–Kier alpha value is -0.410. The van der Waals surface area contributed by atoms with Crippen LogP contribution in [0.15, 0.2) is 36.4 Å². The Morgan fingerprint density at radius 3 is 2.47 bits per heavy atom. The van der Waals surface area contributed by atoms with E-state index in [1.807, 2.05) is 30.3 Å². The number of hydrogen-bond acceptors (Lipinski definition) is 1. The standard InChI is InChI=1S/C14H10BrCl3O/c15-7-10-5-12(17)6-13(18)14(10)19-8-9-2-1-3-11(16)4-9/h1-6H,7-8H2. The number of benzene rings is 2. The normalized spacial score (nSPS) is 10.5. The van der Waals surface area contributed by atoms with E-state index in [9.17, 15) is 0 Å². The minimum Gasteiger partial charge on any atom is -0.487 e. The number of alkyl halides is 1. The molecule has 0 saturated carbocycles. The van der Waals surface area contributed by atoms with Gasteiger partial charge in [0.25, 0.3) is 0 Å². The lowest BCUT2D eigenvalue weighted by molar-refractivity contribution is 0.304. The van der Waals surface area contributed by atoms with Gasteiger partial charge in [-0.2, -0.15) is 0 Å². The van der Waals surface area contributed by atoms with Crippen molar-refractivity contribution in [3.63, 3.8) is 0 Å². The lowest BCUT2D eigenvalue weighted by Crippen LogP contribution is -1.98. The molecule has 0 atom stereocenters. The van der Waals surface area contributed by atoms with E-state index >= 15 is 0 Å². The molecule has 0 saturated heterocycles. The summed E-state index contributed by atoms with van der Waals surface area (Å²) in [6, 6.07) is 11.0. The highest BCUT2D eigenvalue weighted by molar-refractivity contribution is 9.08. The summed E-state index contributed by atoms with van der Waals surface area (Å²) in [5.41, 5.74) is 1.90. The minimum absolute atomic E-state index is 0.405. The highest BCUT2D eigenvalue weighted by atomic mass is 79.9. The van der Waals surface area contributed by atoms with Crippen molar-refractivity contribution in [3.05, 3.63) is 62.6 Å². The monoisotopic (exact) mass is 378 g/mol. The third-order valence-electron chi connectivity index (χ3n) is 2.50. The summed E-state index contributed by atoms with van der Waals surface area (Å²) in [4.78, 5) is 0. The molecular weight excluding hydrogens is 370 g/mol. The molecule has 0 radical (unpaired) electrons. The zero-order valence-corrected chi connectivity index (χ0v) is 13.7. The minimum atomic E-state index is 0.405. The van der Waals surface area contributed by atoms with Gasteiger partial charge >= 0.3 is 0 Å². The Morgan fingerprint density at radius 2 is 1.79 bits per heavy atom. The maximum atomic E-state index is 6.15. The zero-order valence-electron chi connectivity index (χ0n) is 9.80. The second-order valence-electron chi connectivity index (χ2n) is 3.93. The number of halogens is 4. The van der Waals surface area contributed by atoms with Gasteiger partial charge in [-0.3, -0.25) is 0 Å². The molecule has 0 aliphatic rings. The topological polar surface area (TPSA) is 9.23 Å². The average molecular weight is 380 g/mol. The van der Waals surface area contributed by atoms with Gasteiger partial charge in [-0.05, 0) is 29.8 Å². The molecule has 5 heteroatoms. The van der Waals surface area contributed by atoms with Gasteiger partial charge in [0, 0.05) is 20.9 Å². The van der Waals surface area contributed by atoms with Gasteiger partial charge in [0.1, 0.15) is 12.4 Å². The molecule has 2 aromatic rings. The summed E-state index contributed by atoms with van der Waals surface area (Å²) in [7, 11) is 0. The predicted molar refractivity (Wildman–Crippen MR) is 84.9 cm³/mol. The van der Waals surface area contributed by atoms with Crippen LogP contribution in [0, 0.1) is 0 Å². The highest BCUT2D eigenvalue weighted by Crippen LogP contribution is 2.34. The number of ether oxygens (including phenoxy) is 1. The fourth-order valence-electron chi connectivity index (χ4n) is 1.66. The second kappa shape index (κ2) is 6.85. The Labute approximate surface area is 135 Å². The largest absolute Gasteiger partial charge is 0.487 e. The maximum absolute atomic E-state index is 6.15. The van der Waals surface area contributed by atoms with Crippen LogP contribution < -0.4 is 4.74 Å². The number of hydrogen-bond donors (Lipinski definition) is 0. The van der Waals surface area contributed by atoms with Gasteiger partial charge in [-0.1, -0.05) is 62.9 Å². The van der Waals surface area contributed by atoms with Crippen LogP contribution in [0.2, 0.25) is 15.1 Å². The molecule has 0 fully saturated rings. The molecule has 0 aliphatic carbocycles. The van der Waals surface area contributed by atoms with Crippen molar-refractivity contribution in [1.29, 1.82) is 0 Å². The SMILES string of the molecule is Clc1cccc(COc2c(Cl)cc(Cl)cc2CBr)c1. The summed E-state index contributed by atoms with van der Waals surface area (Å²) in [6.45, 7) is 0.405. The molecule has 19 heavy (non-hydrogen) atoms. The molecule has 0 heterocycles. The first-order chi connectivity index (χ1) is 9.10. The smallest absolute Gasteiger partial charge is 0.142 e. The van der Waals surface area contributed by atoms with E-state index in [-0.39, 0.29) is 0 Å². The Morgan fingerprint density at radius 1 is 1.00 bits per heavy atom. The summed E-state index contributed by atoms with van der Waals surface area (Å²) >= 11 is 21.4. The fraction of sp³-hybridized carbons (Fsp3) is 0.143. The molecule has 100 valence electrons. The Kier molecular flexibility index (Phi) is 5.40. The molecule has 0 bridgehead atoms. The fourth-order valence-corrected chi connectivity index (χ4v) is 2.88. The lowest BCUT2D eigenvalue weighted by atomic mass is 10.2. The van der Waals surface area contributed by atoms with Crippen molar-refractivity contribution in [2.24, 2.45) is 0 Å². The van der Waals surface area contributed by atoms with Crippen molar-refractivity contribution in [2.75, 3.05) is 0 Å². The second-order valence-corrected chi connectivity index (χ2v) is 5.77. The van der Waals surface area contributed by atoms with Gasteiger partial charge in [0.15, 0.2) is 0 Å². The Balaban J connectivity index is 2.19. The van der Waals surface area contributed by atoms with Crippen molar-refractivity contribution in [2.45, 2.75) is 11.9 Å². The van der Waals surface area contributed by atoms with Crippen molar-refractivity contribution in [3.8, 4) is 5.75 Å². The van der Waals surface area contributed by atoms with Crippen molar-refractivity contribution >= 4 is 50.7 Å². The third kappa shape index (κ3) is 4.03. The molecule has 0 aromatic heterocycles. The molecule has 0 aliphatic heterocycles. The quantitative estimate of drug-likeness (QED) is 0.581. The third-order valence-corrected chi connectivity index (χ3v) is 3.84. The molecule has 0 unspecified atom stereocenters. The van der Waals surface area contributed by atoms with Crippen LogP contribution in [0.5, 0.6) is 5.75 Å². The van der Waals surface area contributed by atoms with E-state index in [0.29, 0.717) is 32.8 Å². The van der Waals surface area contributed by atoms with Gasteiger partial charge in [-0.25, -0.2) is 0 Å². The lowest BCUT2D eigenvalue weighted by Gasteiger charge is -2.12. The van der Waals surface area contributed by atoms with Gasteiger partial charge in [0.05, 0.1) is 5.02 Å². The van der Waals surface area contributed by atoms with Crippen LogP contribution in [0.1, 0.15) is 11.1 Å². The van der Waals surface area contributed by atoms with Crippen LogP contribution in [0.25, 0.3) is 0 Å². The molecule has 0 N–H and O–H groups in total. The molecule has 2 rings (SSSR count). The first kappa shape index (κ1) is 15.0. The summed E-state index contributed by atoms with van der Waals surface area (Å²) in [6.07, 6.45) is 0. The van der Waals surface area contributed by atoms with Crippen LogP contribution in [-0.4, -0.2) is 0 Å². The first-order valence-corrected chi connectivity index (χ1v) is 7.77. The molecule has 0 amide bonds. The molecule has 0 spiro atoms. The number of rotatable bonds is 4. The van der Waals surface area contributed by atoms with E-state index in [1.54, 1.807) is 6.07 Å². The van der Waals surface area contributed by atoms with Gasteiger partial charge in [0.2, 0.25) is 0 Å². The summed E-state index contributed by atoms with van der Waals surface area (Å²) in [5.74, 6) is 0.642.